The van der Waals surface area contributed by atoms with Crippen molar-refractivity contribution in [2.45, 2.75) is 6.92 Å². The van der Waals surface area contributed by atoms with E-state index in [0.717, 1.165) is 0 Å². The number of benzene rings is 2. The second kappa shape index (κ2) is 10.8. The Labute approximate surface area is 216 Å². The number of carbonyl (C=O) groups is 1. The van der Waals surface area contributed by atoms with Crippen LogP contribution in [0.25, 0.3) is 10.9 Å². The number of rotatable bonds is 8. The van der Waals surface area contributed by atoms with Crippen LogP contribution >= 0.6 is 11.6 Å². The molecule has 0 saturated heterocycles. The van der Waals surface area contributed by atoms with Crippen molar-refractivity contribution in [1.82, 2.24) is 9.88 Å². The summed E-state index contributed by atoms with van der Waals surface area (Å²) < 4.78 is 130. The first-order valence-corrected chi connectivity index (χ1v) is 9.41. The molecule has 1 amide bonds. The number of aromatic nitrogens is 1. The van der Waals surface area contributed by atoms with Crippen LogP contribution in [0.5, 0.6) is 5.75 Å². The number of likely N-dealkylation sites (N-methyl/N-ethyl adjacent to an activating group) is 1. The second-order valence-corrected chi connectivity index (χ2v) is 6.36. The zero-order valence-electron chi connectivity index (χ0n) is 30.8. The fraction of sp³-hybridized carbons (Fsp3) is 0.208. The van der Waals surface area contributed by atoms with Crippen molar-refractivity contribution in [2.24, 2.45) is 0 Å². The number of hydrogen-bond acceptors (Lipinski definition) is 6. The van der Waals surface area contributed by atoms with Crippen LogP contribution in [0.4, 0.5) is 21.5 Å². The third-order valence-electron chi connectivity index (χ3n) is 3.79. The highest BCUT2D eigenvalue weighted by Crippen LogP contribution is 2.36. The Bertz CT molecular complexity index is 1800. The second-order valence-electron chi connectivity index (χ2n) is 5.99. The minimum Gasteiger partial charge on any atom is -0.492 e. The molecule has 3 aromatic rings. The van der Waals surface area contributed by atoms with Crippen molar-refractivity contribution in [3.63, 3.8) is 0 Å². The van der Waals surface area contributed by atoms with Crippen LogP contribution in [0.2, 0.25) is 5.02 Å². The molecule has 0 aliphatic heterocycles. The van der Waals surface area contributed by atoms with Gasteiger partial charge in [-0.1, -0.05) is 17.7 Å². The predicted octanol–water partition coefficient (Wildman–Crippen LogP) is 5.10. The predicted molar refractivity (Wildman–Crippen MR) is 129 cm³/mol. The molecular formula is C24H23ClFN5O2. The lowest BCUT2D eigenvalue weighted by Gasteiger charge is -2.16. The average Bonchev–Trinajstić information content (AvgIpc) is 2.94. The van der Waals surface area contributed by atoms with E-state index in [9.17, 15) is 14.4 Å². The summed E-state index contributed by atoms with van der Waals surface area (Å²) in [6.07, 6.45) is 0.0725. The maximum absolute atomic E-state index is 14.3. The molecule has 0 aliphatic rings. The van der Waals surface area contributed by atoms with E-state index in [4.69, 9.17) is 35.5 Å². The van der Waals surface area contributed by atoms with Crippen molar-refractivity contribution in [3.8, 4) is 11.8 Å². The highest BCUT2D eigenvalue weighted by molar-refractivity contribution is 6.31. The summed E-state index contributed by atoms with van der Waals surface area (Å²) in [5.74, 6) is -3.08. The first-order valence-electron chi connectivity index (χ1n) is 16.0. The molecule has 0 fully saturated rings. The van der Waals surface area contributed by atoms with Gasteiger partial charge in [-0.3, -0.25) is 9.78 Å². The van der Waals surface area contributed by atoms with E-state index in [1.54, 1.807) is 6.07 Å². The molecule has 170 valence electrons. The lowest BCUT2D eigenvalue weighted by atomic mass is 10.1. The molecule has 0 aliphatic carbocycles. The number of halogens is 2. The van der Waals surface area contributed by atoms with Gasteiger partial charge in [-0.05, 0) is 45.0 Å². The minimum atomic E-state index is -3.45. The Hall–Kier alpha value is -3.67. The maximum Gasteiger partial charge on any atom is 0.248 e. The molecule has 1 aromatic heterocycles. The van der Waals surface area contributed by atoms with E-state index in [1.807, 2.05) is 0 Å². The number of amides is 1. The topological polar surface area (TPSA) is 90.3 Å². The summed E-state index contributed by atoms with van der Waals surface area (Å²) in [7, 11) is 0. The molecule has 0 spiro atoms. The van der Waals surface area contributed by atoms with Crippen molar-refractivity contribution in [2.75, 3.05) is 37.7 Å². The lowest BCUT2D eigenvalue weighted by Crippen LogP contribution is -2.13. The SMILES string of the molecule is [2H]c1nc2c([2H])c(OCC)c(NC(=O)/C=C/C([2H])([2H])N(C([2H])([2H])[2H])C([2H])([2H])[2H])c([2H])c2c(Nc2c([2H])c([2H])c(F)c(Cl)c2[2H])c1C#N. The summed E-state index contributed by atoms with van der Waals surface area (Å²) in [6.45, 7) is -8.79. The molecule has 7 nitrogen and oxygen atoms in total. The number of hydrogen-bond donors (Lipinski definition) is 2. The fourth-order valence-corrected chi connectivity index (χ4v) is 2.63. The van der Waals surface area contributed by atoms with Gasteiger partial charge in [-0.2, -0.15) is 5.26 Å². The molecule has 33 heavy (non-hydrogen) atoms. The molecule has 2 N–H and O–H groups in total. The van der Waals surface area contributed by atoms with Crippen molar-refractivity contribution in [3.05, 3.63) is 64.9 Å². The largest absolute Gasteiger partial charge is 0.492 e. The highest BCUT2D eigenvalue weighted by Gasteiger charge is 2.15. The number of nitriles is 1. The van der Waals surface area contributed by atoms with E-state index in [1.165, 1.54) is 6.92 Å². The Morgan fingerprint density at radius 2 is 2.27 bits per heavy atom. The van der Waals surface area contributed by atoms with Crippen molar-refractivity contribution < 1.29 is 33.1 Å². The van der Waals surface area contributed by atoms with Crippen LogP contribution in [-0.4, -0.2) is 42.8 Å². The number of carbonyl (C=O) groups excluding carboxylic acids is 1. The summed E-state index contributed by atoms with van der Waals surface area (Å²) in [5.41, 5.74) is -2.68. The Kier molecular flexibility index (Phi) is 3.74. The van der Waals surface area contributed by atoms with Crippen LogP contribution in [0.1, 0.15) is 31.7 Å². The molecule has 9 heteroatoms. The molecule has 1 heterocycles. The molecule has 0 atom stereocenters. The Balaban J connectivity index is 2.29. The van der Waals surface area contributed by atoms with Gasteiger partial charge in [0.05, 0.1) is 42.3 Å². The number of anilines is 3. The molecule has 0 saturated carbocycles. The molecule has 2 aromatic carbocycles. The zero-order chi connectivity index (χ0) is 36.0. The third kappa shape index (κ3) is 5.98. The first kappa shape index (κ1) is 11.5. The van der Waals surface area contributed by atoms with Gasteiger partial charge in [0.2, 0.25) is 5.91 Å². The van der Waals surface area contributed by atoms with Gasteiger partial charge >= 0.3 is 0 Å². The van der Waals surface area contributed by atoms with E-state index < -0.39 is 118 Å². The Morgan fingerprint density at radius 3 is 3.00 bits per heavy atom. The van der Waals surface area contributed by atoms with Gasteiger partial charge in [0, 0.05) is 46.8 Å². The number of nitrogens with one attached hydrogen (secondary N) is 2. The van der Waals surface area contributed by atoms with E-state index >= 15 is 0 Å². The normalized spacial score (nSPS) is 18.4. The Morgan fingerprint density at radius 1 is 1.45 bits per heavy atom. The molecule has 3 rings (SSSR count). The molecule has 0 unspecified atom stereocenters. The fourth-order valence-electron chi connectivity index (χ4n) is 2.49. The van der Waals surface area contributed by atoms with Crippen molar-refractivity contribution >= 4 is 45.5 Å². The van der Waals surface area contributed by atoms with Gasteiger partial charge in [0.25, 0.3) is 0 Å². The monoisotopic (exact) mass is 481 g/mol. The van der Waals surface area contributed by atoms with Gasteiger partial charge in [0.15, 0.2) is 0 Å². The molecule has 0 bridgehead atoms. The number of ether oxygens (including phenoxy) is 1. The first-order chi connectivity index (χ1) is 21.5. The van der Waals surface area contributed by atoms with Crippen molar-refractivity contribution in [1.29, 1.82) is 5.26 Å². The van der Waals surface area contributed by atoms with Gasteiger partial charge in [-0.25, -0.2) is 4.39 Å². The highest BCUT2D eigenvalue weighted by atomic mass is 35.5. The van der Waals surface area contributed by atoms with Crippen LogP contribution in [0.15, 0.2) is 48.5 Å². The van der Waals surface area contributed by atoms with Gasteiger partial charge in [0.1, 0.15) is 17.6 Å². The number of fused-ring (bicyclic) bond motifs is 1. The maximum atomic E-state index is 14.3. The summed E-state index contributed by atoms with van der Waals surface area (Å²) in [4.78, 5) is 16.5. The van der Waals surface area contributed by atoms with Gasteiger partial charge in [-0.15, -0.1) is 0 Å². The quantitative estimate of drug-likeness (QED) is 0.435. The van der Waals surface area contributed by atoms with Crippen LogP contribution < -0.4 is 15.4 Å². The number of pyridine rings is 1. The minimum absolute atomic E-state index is 0.135. The standard InChI is InChI=1S/C24H23ClFN5O2/c1-4-33-22-12-20-17(11-21(22)30-23(32)6-5-9-31(2)3)24(15(13-27)14-28-20)29-16-7-8-19(26)18(25)10-16/h5-8,10-12,14H,4,9H2,1-3H3,(H,28,29)(H,30,32)/b6-5+/i2D3,3D3,7D,8D,9D2,10D,11D,12D,14D. The van der Waals surface area contributed by atoms with E-state index in [-0.39, 0.29) is 6.61 Å². The lowest BCUT2D eigenvalue weighted by molar-refractivity contribution is -0.111. The van der Waals surface area contributed by atoms with E-state index in [0.29, 0.717) is 12.2 Å². The summed E-state index contributed by atoms with van der Waals surface area (Å²) in [5, 5.41) is 13.2. The van der Waals surface area contributed by atoms with Crippen LogP contribution in [0, 0.1) is 17.1 Å². The molecular weight excluding hydrogens is 445 g/mol. The zero-order valence-corrected chi connectivity index (χ0v) is 17.5. The molecule has 0 radical (unpaired) electrons. The average molecular weight is 482 g/mol. The third-order valence-corrected chi connectivity index (χ3v) is 4.05. The summed E-state index contributed by atoms with van der Waals surface area (Å²) >= 11 is 5.83. The number of nitrogens with zero attached hydrogens (tertiary/aromatic N) is 3. The van der Waals surface area contributed by atoms with Gasteiger partial charge < -0.3 is 20.3 Å². The van der Waals surface area contributed by atoms with Crippen LogP contribution in [-0.2, 0) is 4.79 Å². The van der Waals surface area contributed by atoms with Crippen LogP contribution in [0.3, 0.4) is 0 Å². The summed E-state index contributed by atoms with van der Waals surface area (Å²) in [6, 6.07) is -2.38. The van der Waals surface area contributed by atoms with E-state index in [2.05, 4.69) is 15.6 Å². The smallest absolute Gasteiger partial charge is 0.248 e.